The maximum atomic E-state index is 11.9. The zero-order valence-corrected chi connectivity index (χ0v) is 11.8. The lowest BCUT2D eigenvalue weighted by atomic mass is 10.1. The van der Waals surface area contributed by atoms with Crippen LogP contribution in [0.1, 0.15) is 13.3 Å². The minimum Gasteiger partial charge on any atom is -0.481 e. The van der Waals surface area contributed by atoms with E-state index >= 15 is 0 Å². The zero-order valence-electron chi connectivity index (χ0n) is 10.2. The molecule has 2 N–H and O–H groups in total. The number of amides is 1. The van der Waals surface area contributed by atoms with Gasteiger partial charge in [0.15, 0.2) is 4.34 Å². The Morgan fingerprint density at radius 2 is 2.37 bits per heavy atom. The number of carbonyl (C=O) groups is 2. The van der Waals surface area contributed by atoms with Crippen LogP contribution in [0, 0.1) is 5.92 Å². The Bertz CT molecular complexity index is 479. The van der Waals surface area contributed by atoms with Gasteiger partial charge in [-0.15, -0.1) is 10.2 Å². The highest BCUT2D eigenvalue weighted by atomic mass is 32.2. The molecule has 1 aromatic heterocycles. The third-order valence-electron chi connectivity index (χ3n) is 2.52. The number of carbonyl (C=O) groups excluding carboxylic acids is 1. The standard InChI is InChI=1S/C10H13N3O4S2/c1-5-2-6(3-17-5)8(16)11-9-12-13-10(19-9)18-4-7(14)15/h5-6H,2-4H2,1H3,(H,14,15)(H,11,12,16). The lowest BCUT2D eigenvalue weighted by molar-refractivity contribution is -0.133. The summed E-state index contributed by atoms with van der Waals surface area (Å²) in [5.74, 6) is -1.27. The minimum atomic E-state index is -0.914. The number of hydrogen-bond acceptors (Lipinski definition) is 7. The predicted molar refractivity (Wildman–Crippen MR) is 70.4 cm³/mol. The number of rotatable bonds is 5. The first-order valence-corrected chi connectivity index (χ1v) is 7.45. The molecule has 1 amide bonds. The Labute approximate surface area is 117 Å². The number of carboxylic acids is 1. The van der Waals surface area contributed by atoms with Gasteiger partial charge in [-0.1, -0.05) is 23.1 Å². The van der Waals surface area contributed by atoms with Crippen LogP contribution >= 0.6 is 23.1 Å². The fourth-order valence-corrected chi connectivity index (χ4v) is 3.12. The summed E-state index contributed by atoms with van der Waals surface area (Å²) in [6.07, 6.45) is 0.803. The topological polar surface area (TPSA) is 101 Å². The van der Waals surface area contributed by atoms with E-state index in [-0.39, 0.29) is 23.7 Å². The highest BCUT2D eigenvalue weighted by molar-refractivity contribution is 8.01. The molecule has 9 heteroatoms. The van der Waals surface area contributed by atoms with Crippen molar-refractivity contribution in [3.05, 3.63) is 0 Å². The van der Waals surface area contributed by atoms with Crippen molar-refractivity contribution in [2.45, 2.75) is 23.8 Å². The van der Waals surface area contributed by atoms with E-state index < -0.39 is 5.97 Å². The summed E-state index contributed by atoms with van der Waals surface area (Å²) in [5.41, 5.74) is 0. The lowest BCUT2D eigenvalue weighted by Gasteiger charge is -2.05. The second-order valence-corrected chi connectivity index (χ2v) is 6.32. The van der Waals surface area contributed by atoms with Crippen molar-refractivity contribution in [3.8, 4) is 0 Å². The molecule has 1 fully saturated rings. The van der Waals surface area contributed by atoms with Crippen LogP contribution in [0.2, 0.25) is 0 Å². The van der Waals surface area contributed by atoms with Crippen LogP contribution in [0.3, 0.4) is 0 Å². The first-order chi connectivity index (χ1) is 9.04. The van der Waals surface area contributed by atoms with Gasteiger partial charge >= 0.3 is 5.97 Å². The number of ether oxygens (including phenoxy) is 1. The van der Waals surface area contributed by atoms with Crippen molar-refractivity contribution in [2.75, 3.05) is 17.7 Å². The van der Waals surface area contributed by atoms with Crippen molar-refractivity contribution in [3.63, 3.8) is 0 Å². The van der Waals surface area contributed by atoms with Crippen LogP contribution in [-0.2, 0) is 14.3 Å². The summed E-state index contributed by atoms with van der Waals surface area (Å²) in [6, 6.07) is 0. The largest absolute Gasteiger partial charge is 0.481 e. The second kappa shape index (κ2) is 6.31. The van der Waals surface area contributed by atoms with Crippen LogP contribution in [-0.4, -0.2) is 45.6 Å². The van der Waals surface area contributed by atoms with Gasteiger partial charge in [-0.05, 0) is 13.3 Å². The molecule has 1 saturated heterocycles. The van der Waals surface area contributed by atoms with Gasteiger partial charge in [0, 0.05) is 0 Å². The van der Waals surface area contributed by atoms with Gasteiger partial charge < -0.3 is 15.2 Å². The molecule has 0 spiro atoms. The molecule has 19 heavy (non-hydrogen) atoms. The van der Waals surface area contributed by atoms with Gasteiger partial charge in [0.1, 0.15) is 0 Å². The average Bonchev–Trinajstić information content (AvgIpc) is 2.95. The molecular weight excluding hydrogens is 290 g/mol. The molecule has 1 aliphatic rings. The zero-order chi connectivity index (χ0) is 13.8. The van der Waals surface area contributed by atoms with Gasteiger partial charge in [-0.2, -0.15) is 0 Å². The van der Waals surface area contributed by atoms with Gasteiger partial charge in [0.2, 0.25) is 11.0 Å². The van der Waals surface area contributed by atoms with Crippen LogP contribution in [0.4, 0.5) is 5.13 Å². The summed E-state index contributed by atoms with van der Waals surface area (Å²) in [5, 5.41) is 19.2. The fourth-order valence-electron chi connectivity index (χ4n) is 1.65. The molecule has 2 atom stereocenters. The monoisotopic (exact) mass is 303 g/mol. The minimum absolute atomic E-state index is 0.0729. The third kappa shape index (κ3) is 4.15. The van der Waals surface area contributed by atoms with Crippen molar-refractivity contribution >= 4 is 40.1 Å². The number of thioether (sulfide) groups is 1. The van der Waals surface area contributed by atoms with E-state index in [4.69, 9.17) is 9.84 Å². The summed E-state index contributed by atoms with van der Waals surface area (Å²) in [6.45, 7) is 2.35. The molecular formula is C10H13N3O4S2. The average molecular weight is 303 g/mol. The first kappa shape index (κ1) is 14.2. The van der Waals surface area contributed by atoms with Gasteiger partial charge in [0.25, 0.3) is 0 Å². The lowest BCUT2D eigenvalue weighted by Crippen LogP contribution is -2.22. The van der Waals surface area contributed by atoms with E-state index in [1.807, 2.05) is 6.92 Å². The normalized spacial score (nSPS) is 22.4. The summed E-state index contributed by atoms with van der Waals surface area (Å²) < 4.78 is 5.85. The van der Waals surface area contributed by atoms with Crippen LogP contribution < -0.4 is 5.32 Å². The van der Waals surface area contributed by atoms with Crippen molar-refractivity contribution in [1.82, 2.24) is 10.2 Å². The highest BCUT2D eigenvalue weighted by Crippen LogP contribution is 2.26. The number of aliphatic carboxylic acids is 1. The fraction of sp³-hybridized carbons (Fsp3) is 0.600. The van der Waals surface area contributed by atoms with E-state index in [9.17, 15) is 9.59 Å². The number of nitrogens with one attached hydrogen (secondary N) is 1. The predicted octanol–water partition coefficient (Wildman–Crippen LogP) is 1.08. The molecule has 0 aliphatic carbocycles. The smallest absolute Gasteiger partial charge is 0.313 e. The summed E-state index contributed by atoms with van der Waals surface area (Å²) in [4.78, 5) is 22.3. The van der Waals surface area contributed by atoms with Gasteiger partial charge in [0.05, 0.1) is 24.4 Å². The molecule has 2 heterocycles. The Balaban J connectivity index is 1.85. The molecule has 104 valence electrons. The van der Waals surface area contributed by atoms with Crippen LogP contribution in [0.15, 0.2) is 4.34 Å². The Kier molecular flexibility index (Phi) is 4.72. The molecule has 0 saturated carbocycles. The van der Waals surface area contributed by atoms with Gasteiger partial charge in [-0.3, -0.25) is 9.59 Å². The molecule has 1 aliphatic heterocycles. The first-order valence-electron chi connectivity index (χ1n) is 5.65. The Morgan fingerprint density at radius 3 is 3.00 bits per heavy atom. The van der Waals surface area contributed by atoms with E-state index in [1.165, 1.54) is 11.3 Å². The van der Waals surface area contributed by atoms with Crippen molar-refractivity contribution < 1.29 is 19.4 Å². The van der Waals surface area contributed by atoms with Gasteiger partial charge in [-0.25, -0.2) is 0 Å². The number of nitrogens with zero attached hydrogens (tertiary/aromatic N) is 2. The Morgan fingerprint density at radius 1 is 1.58 bits per heavy atom. The molecule has 1 aromatic rings. The molecule has 0 aromatic carbocycles. The number of carboxylic acid groups (broad SMARTS) is 1. The maximum Gasteiger partial charge on any atom is 0.313 e. The molecule has 2 rings (SSSR count). The van der Waals surface area contributed by atoms with Crippen LogP contribution in [0.5, 0.6) is 0 Å². The third-order valence-corrected chi connectivity index (χ3v) is 4.48. The quantitative estimate of drug-likeness (QED) is 0.620. The molecule has 7 nitrogen and oxygen atoms in total. The summed E-state index contributed by atoms with van der Waals surface area (Å²) in [7, 11) is 0. The van der Waals surface area contributed by atoms with Crippen LogP contribution in [0.25, 0.3) is 0 Å². The molecule has 0 radical (unpaired) electrons. The van der Waals surface area contributed by atoms with E-state index in [0.29, 0.717) is 22.5 Å². The Hall–Kier alpha value is -1.19. The van der Waals surface area contributed by atoms with E-state index in [1.54, 1.807) is 0 Å². The number of anilines is 1. The van der Waals surface area contributed by atoms with Crippen molar-refractivity contribution in [1.29, 1.82) is 0 Å². The molecule has 0 bridgehead atoms. The number of aromatic nitrogens is 2. The van der Waals surface area contributed by atoms with E-state index in [2.05, 4.69) is 15.5 Å². The van der Waals surface area contributed by atoms with Crippen molar-refractivity contribution in [2.24, 2.45) is 5.92 Å². The number of hydrogen-bond donors (Lipinski definition) is 2. The highest BCUT2D eigenvalue weighted by Gasteiger charge is 2.28. The molecule has 2 unspecified atom stereocenters. The SMILES string of the molecule is CC1CC(C(=O)Nc2nnc(SCC(=O)O)s2)CO1. The van der Waals surface area contributed by atoms with E-state index in [0.717, 1.165) is 11.8 Å². The maximum absolute atomic E-state index is 11.9. The second-order valence-electron chi connectivity index (χ2n) is 4.12. The summed E-state index contributed by atoms with van der Waals surface area (Å²) >= 11 is 2.25.